The van der Waals surface area contributed by atoms with E-state index in [4.69, 9.17) is 10.2 Å². The fourth-order valence-corrected chi connectivity index (χ4v) is 0.211. The smallest absolute Gasteiger partial charge is 0.266 e. The molecular formula is C4H8F2O2. The van der Waals surface area contributed by atoms with Gasteiger partial charge in [-0.05, 0) is 6.92 Å². The van der Waals surface area contributed by atoms with Crippen LogP contribution in [0.5, 0.6) is 0 Å². The van der Waals surface area contributed by atoms with Crippen molar-refractivity contribution in [1.82, 2.24) is 0 Å². The Hall–Kier alpha value is -0.220. The lowest BCUT2D eigenvalue weighted by Crippen LogP contribution is -2.29. The fraction of sp³-hybridized carbons (Fsp3) is 1.00. The van der Waals surface area contributed by atoms with Crippen LogP contribution in [0.2, 0.25) is 0 Å². The van der Waals surface area contributed by atoms with Gasteiger partial charge in [-0.25, -0.2) is 8.78 Å². The molecule has 0 radical (unpaired) electrons. The lowest BCUT2D eigenvalue weighted by atomic mass is 10.2. The molecule has 8 heavy (non-hydrogen) atoms. The summed E-state index contributed by atoms with van der Waals surface area (Å²) in [5, 5.41) is 16.5. The van der Waals surface area contributed by atoms with E-state index in [-0.39, 0.29) is 0 Å². The Bertz CT molecular complexity index is 57.1. The molecule has 0 fully saturated rings. The zero-order chi connectivity index (χ0) is 6.73. The van der Waals surface area contributed by atoms with E-state index in [2.05, 4.69) is 0 Å². The average molecular weight is 126 g/mol. The van der Waals surface area contributed by atoms with Crippen LogP contribution in [0.15, 0.2) is 0 Å². The van der Waals surface area contributed by atoms with Crippen LogP contribution in [0.3, 0.4) is 0 Å². The third-order valence-corrected chi connectivity index (χ3v) is 0.752. The van der Waals surface area contributed by atoms with Gasteiger partial charge in [-0.3, -0.25) is 0 Å². The predicted octanol–water partition coefficient (Wildman–Crippen LogP) is -0.00680. The van der Waals surface area contributed by atoms with Crippen LogP contribution in [0.25, 0.3) is 0 Å². The molecule has 4 heteroatoms. The molecule has 2 atom stereocenters. The molecular weight excluding hydrogens is 118 g/mol. The molecule has 0 spiro atoms. The summed E-state index contributed by atoms with van der Waals surface area (Å²) < 4.78 is 22.5. The summed E-state index contributed by atoms with van der Waals surface area (Å²) in [5.74, 6) is 0. The maximum Gasteiger partial charge on any atom is 0.266 e. The fourth-order valence-electron chi connectivity index (χ4n) is 0.211. The molecule has 2 N–H and O–H groups in total. The van der Waals surface area contributed by atoms with Crippen molar-refractivity contribution in [2.75, 3.05) is 0 Å². The van der Waals surface area contributed by atoms with Gasteiger partial charge in [0, 0.05) is 0 Å². The van der Waals surface area contributed by atoms with E-state index in [1.807, 2.05) is 0 Å². The van der Waals surface area contributed by atoms with Crippen molar-refractivity contribution in [3.63, 3.8) is 0 Å². The van der Waals surface area contributed by atoms with Crippen LogP contribution < -0.4 is 0 Å². The molecule has 0 aliphatic rings. The normalized spacial score (nSPS) is 18.8. The highest BCUT2D eigenvalue weighted by molar-refractivity contribution is 4.62. The van der Waals surface area contributed by atoms with Crippen molar-refractivity contribution >= 4 is 0 Å². The SMILES string of the molecule is CC(O)C(O)C(F)F. The third-order valence-electron chi connectivity index (χ3n) is 0.752. The molecule has 0 aromatic carbocycles. The first-order valence-corrected chi connectivity index (χ1v) is 2.20. The molecule has 0 heterocycles. The van der Waals surface area contributed by atoms with E-state index < -0.39 is 18.6 Å². The number of aliphatic hydroxyl groups excluding tert-OH is 2. The van der Waals surface area contributed by atoms with Gasteiger partial charge in [-0.15, -0.1) is 0 Å². The molecule has 0 saturated heterocycles. The van der Waals surface area contributed by atoms with Gasteiger partial charge in [0.15, 0.2) is 0 Å². The zero-order valence-electron chi connectivity index (χ0n) is 4.38. The van der Waals surface area contributed by atoms with Crippen molar-refractivity contribution in [3.8, 4) is 0 Å². The largest absolute Gasteiger partial charge is 0.390 e. The topological polar surface area (TPSA) is 40.5 Å². The second-order valence-corrected chi connectivity index (χ2v) is 1.57. The van der Waals surface area contributed by atoms with Gasteiger partial charge < -0.3 is 10.2 Å². The Morgan fingerprint density at radius 3 is 1.62 bits per heavy atom. The minimum absolute atomic E-state index is 1.11. The molecule has 50 valence electrons. The van der Waals surface area contributed by atoms with E-state index in [1.54, 1.807) is 0 Å². The summed E-state index contributed by atoms with van der Waals surface area (Å²) in [6, 6.07) is 0. The summed E-state index contributed by atoms with van der Waals surface area (Å²) in [6.45, 7) is 1.11. The van der Waals surface area contributed by atoms with Crippen LogP contribution in [0, 0.1) is 0 Å². The Morgan fingerprint density at radius 2 is 1.62 bits per heavy atom. The lowest BCUT2D eigenvalue weighted by molar-refractivity contribution is -0.0686. The highest BCUT2D eigenvalue weighted by Gasteiger charge is 2.21. The van der Waals surface area contributed by atoms with Crippen molar-refractivity contribution in [3.05, 3.63) is 0 Å². The minimum atomic E-state index is -2.85. The molecule has 0 amide bonds. The van der Waals surface area contributed by atoms with Crippen LogP contribution in [-0.2, 0) is 0 Å². The van der Waals surface area contributed by atoms with Gasteiger partial charge in [0.1, 0.15) is 6.10 Å². The summed E-state index contributed by atoms with van der Waals surface area (Å²) in [5.41, 5.74) is 0. The number of alkyl halides is 2. The Morgan fingerprint density at radius 1 is 1.25 bits per heavy atom. The first-order valence-electron chi connectivity index (χ1n) is 2.20. The third kappa shape index (κ3) is 2.18. The second-order valence-electron chi connectivity index (χ2n) is 1.57. The summed E-state index contributed by atoms with van der Waals surface area (Å²) in [7, 11) is 0. The van der Waals surface area contributed by atoms with E-state index in [0.717, 1.165) is 6.92 Å². The van der Waals surface area contributed by atoms with Crippen LogP contribution in [-0.4, -0.2) is 28.8 Å². The van der Waals surface area contributed by atoms with Gasteiger partial charge in [0.2, 0.25) is 0 Å². The number of aliphatic hydroxyl groups is 2. The Kier molecular flexibility index (Phi) is 2.86. The molecule has 0 rings (SSSR count). The van der Waals surface area contributed by atoms with Gasteiger partial charge in [0.05, 0.1) is 6.10 Å². The van der Waals surface area contributed by atoms with E-state index >= 15 is 0 Å². The van der Waals surface area contributed by atoms with Crippen molar-refractivity contribution in [2.24, 2.45) is 0 Å². The first-order chi connectivity index (χ1) is 3.55. The number of hydrogen-bond donors (Lipinski definition) is 2. The number of hydrogen-bond acceptors (Lipinski definition) is 2. The standard InChI is InChI=1S/C4H8F2O2/c1-2(7)3(8)4(5)6/h2-4,7-8H,1H3. The number of rotatable bonds is 2. The van der Waals surface area contributed by atoms with Gasteiger partial charge >= 0.3 is 0 Å². The maximum atomic E-state index is 11.3. The van der Waals surface area contributed by atoms with E-state index in [9.17, 15) is 8.78 Å². The molecule has 2 unspecified atom stereocenters. The monoisotopic (exact) mass is 126 g/mol. The van der Waals surface area contributed by atoms with E-state index in [0.29, 0.717) is 0 Å². The van der Waals surface area contributed by atoms with Crippen molar-refractivity contribution in [2.45, 2.75) is 25.6 Å². The zero-order valence-corrected chi connectivity index (χ0v) is 4.38. The quantitative estimate of drug-likeness (QED) is 0.546. The Balaban J connectivity index is 3.46. The number of halogens is 2. The highest BCUT2D eigenvalue weighted by Crippen LogP contribution is 2.03. The Labute approximate surface area is 45.8 Å². The lowest BCUT2D eigenvalue weighted by Gasteiger charge is -2.10. The van der Waals surface area contributed by atoms with E-state index in [1.165, 1.54) is 0 Å². The van der Waals surface area contributed by atoms with Crippen molar-refractivity contribution in [1.29, 1.82) is 0 Å². The second kappa shape index (κ2) is 2.94. The summed E-state index contributed by atoms with van der Waals surface area (Å²) in [4.78, 5) is 0. The van der Waals surface area contributed by atoms with Gasteiger partial charge in [-0.2, -0.15) is 0 Å². The molecule has 0 aliphatic carbocycles. The molecule has 0 aromatic rings. The van der Waals surface area contributed by atoms with Crippen LogP contribution >= 0.6 is 0 Å². The minimum Gasteiger partial charge on any atom is -0.390 e. The highest BCUT2D eigenvalue weighted by atomic mass is 19.3. The van der Waals surface area contributed by atoms with Crippen LogP contribution in [0.4, 0.5) is 8.78 Å². The van der Waals surface area contributed by atoms with Crippen LogP contribution in [0.1, 0.15) is 6.92 Å². The average Bonchev–Trinajstić information content (AvgIpc) is 1.64. The molecule has 2 nitrogen and oxygen atoms in total. The summed E-state index contributed by atoms with van der Waals surface area (Å²) >= 11 is 0. The maximum absolute atomic E-state index is 11.3. The first kappa shape index (κ1) is 7.78. The molecule has 0 saturated carbocycles. The van der Waals surface area contributed by atoms with Gasteiger partial charge in [0.25, 0.3) is 6.43 Å². The summed E-state index contributed by atoms with van der Waals surface area (Å²) in [6.07, 6.45) is -6.11. The van der Waals surface area contributed by atoms with Gasteiger partial charge in [-0.1, -0.05) is 0 Å². The molecule has 0 aliphatic heterocycles. The van der Waals surface area contributed by atoms with Crippen molar-refractivity contribution < 1.29 is 19.0 Å². The predicted molar refractivity (Wildman–Crippen MR) is 23.7 cm³/mol. The molecule has 0 bridgehead atoms. The molecule has 0 aromatic heterocycles.